The van der Waals surface area contributed by atoms with Crippen molar-refractivity contribution < 1.29 is 47.7 Å². The maximum atomic E-state index is 14.4. The zero-order chi connectivity index (χ0) is 36.2. The van der Waals surface area contributed by atoms with E-state index in [0.29, 0.717) is 41.7 Å². The van der Waals surface area contributed by atoms with Crippen LogP contribution < -0.4 is 20.1 Å². The molecule has 5 rings (SSSR count). The Labute approximate surface area is 291 Å². The van der Waals surface area contributed by atoms with E-state index in [4.69, 9.17) is 23.7 Å². The molecule has 3 aliphatic rings. The first-order valence-corrected chi connectivity index (χ1v) is 16.9. The number of carbonyl (C=O) groups is 5. The minimum atomic E-state index is -1.25. The summed E-state index contributed by atoms with van der Waals surface area (Å²) in [6.07, 6.45) is 6.28. The maximum absolute atomic E-state index is 14.4. The van der Waals surface area contributed by atoms with Crippen molar-refractivity contribution in [1.82, 2.24) is 20.5 Å². The van der Waals surface area contributed by atoms with Gasteiger partial charge in [-0.2, -0.15) is 0 Å². The van der Waals surface area contributed by atoms with E-state index < -0.39 is 59.2 Å². The number of allylic oxidation sites excluding steroid dienone is 1. The van der Waals surface area contributed by atoms with Gasteiger partial charge in [-0.15, -0.1) is 0 Å². The van der Waals surface area contributed by atoms with Crippen LogP contribution in [0, 0.1) is 5.92 Å². The molecule has 3 amide bonds. The predicted molar refractivity (Wildman–Crippen MR) is 181 cm³/mol. The van der Waals surface area contributed by atoms with E-state index in [2.05, 4.69) is 15.6 Å². The highest BCUT2D eigenvalue weighted by Gasteiger charge is 2.62. The molecule has 1 aromatic carbocycles. The molecular weight excluding hydrogens is 648 g/mol. The Morgan fingerprint density at radius 1 is 1.04 bits per heavy atom. The van der Waals surface area contributed by atoms with Crippen LogP contribution in [0.15, 0.2) is 36.4 Å². The summed E-state index contributed by atoms with van der Waals surface area (Å²) in [5, 5.41) is 6.22. The van der Waals surface area contributed by atoms with Crippen molar-refractivity contribution >= 4 is 40.7 Å². The van der Waals surface area contributed by atoms with Crippen LogP contribution in [0.4, 0.5) is 4.79 Å². The first-order chi connectivity index (χ1) is 23.8. The van der Waals surface area contributed by atoms with Crippen LogP contribution in [0.25, 0.3) is 10.9 Å². The fraction of sp³-hybridized carbons (Fsp3) is 0.556. The number of hydrogen-bond donors (Lipinski definition) is 2. The van der Waals surface area contributed by atoms with Crippen molar-refractivity contribution in [2.75, 3.05) is 27.9 Å². The number of carbonyl (C=O) groups excluding carboxylic acids is 5. The molecule has 14 nitrogen and oxygen atoms in total. The van der Waals surface area contributed by atoms with Gasteiger partial charge in [-0.3, -0.25) is 9.59 Å². The van der Waals surface area contributed by atoms with Crippen molar-refractivity contribution in [3.05, 3.63) is 42.1 Å². The van der Waals surface area contributed by atoms with Gasteiger partial charge in [0, 0.05) is 29.9 Å². The number of amides is 3. The van der Waals surface area contributed by atoms with E-state index in [1.807, 2.05) is 12.2 Å². The summed E-state index contributed by atoms with van der Waals surface area (Å²) >= 11 is 0. The zero-order valence-corrected chi connectivity index (χ0v) is 29.4. The van der Waals surface area contributed by atoms with E-state index in [-0.39, 0.29) is 24.6 Å². The maximum Gasteiger partial charge on any atom is 0.408 e. The second-order valence-corrected chi connectivity index (χ2v) is 13.9. The zero-order valence-electron chi connectivity index (χ0n) is 29.4. The monoisotopic (exact) mass is 694 g/mol. The molecule has 5 atom stereocenters. The number of alkyl carbamates (subject to hydrolysis) is 1. The third-order valence-corrected chi connectivity index (χ3v) is 9.15. The van der Waals surface area contributed by atoms with Gasteiger partial charge in [-0.25, -0.2) is 19.4 Å². The molecule has 1 aliphatic carbocycles. The third kappa shape index (κ3) is 8.11. The van der Waals surface area contributed by atoms with E-state index in [1.54, 1.807) is 39.0 Å². The van der Waals surface area contributed by atoms with Gasteiger partial charge >= 0.3 is 18.0 Å². The molecule has 0 unspecified atom stereocenters. The molecule has 0 spiro atoms. The van der Waals surface area contributed by atoms with Gasteiger partial charge in [0.05, 0.1) is 33.4 Å². The number of hydrogen-bond acceptors (Lipinski definition) is 11. The van der Waals surface area contributed by atoms with Crippen LogP contribution >= 0.6 is 0 Å². The highest BCUT2D eigenvalue weighted by Crippen LogP contribution is 2.46. The highest BCUT2D eigenvalue weighted by atomic mass is 16.6. The van der Waals surface area contributed by atoms with Gasteiger partial charge < -0.3 is 39.2 Å². The fourth-order valence-corrected chi connectivity index (χ4v) is 6.55. The lowest BCUT2D eigenvalue weighted by atomic mass is 10.0. The summed E-state index contributed by atoms with van der Waals surface area (Å²) in [6.45, 7) is 5.17. The van der Waals surface area contributed by atoms with Crippen LogP contribution in [0.1, 0.15) is 76.2 Å². The van der Waals surface area contributed by atoms with Crippen LogP contribution in [-0.4, -0.2) is 96.9 Å². The van der Waals surface area contributed by atoms with Crippen LogP contribution in [0.3, 0.4) is 0 Å². The number of methoxy groups -OCH3 is 3. The van der Waals surface area contributed by atoms with Crippen molar-refractivity contribution in [3.8, 4) is 11.5 Å². The molecule has 2 aromatic rings. The fourth-order valence-electron chi connectivity index (χ4n) is 6.55. The highest BCUT2D eigenvalue weighted by molar-refractivity contribution is 5.97. The molecule has 2 fully saturated rings. The Morgan fingerprint density at radius 3 is 2.52 bits per heavy atom. The van der Waals surface area contributed by atoms with Gasteiger partial charge in [-0.05, 0) is 58.6 Å². The minimum absolute atomic E-state index is 0.000565. The average Bonchev–Trinajstić information content (AvgIpc) is 3.60. The molecule has 1 saturated heterocycles. The standard InChI is InChI=1S/C36H46N4O10/c1-35(2,3)50-34(45)38-25-13-11-9-7-8-10-12-21-19-36(21,33(44)48-6)39-30(41)28-17-23(20-40(28)31(25)42)49-29-18-27(32(43)47-5)37-26-16-22(46-4)14-15-24(26)29/h10,12,14-16,18,21,23,25,28H,7-9,11,13,17,19-20H2,1-6H3,(H,38,45)(H,39,41)/b12-10-/t21-,23+,25-,28-,36+/m0/s1. The smallest absolute Gasteiger partial charge is 0.408 e. The van der Waals surface area contributed by atoms with Crippen molar-refractivity contribution in [2.24, 2.45) is 5.92 Å². The van der Waals surface area contributed by atoms with Gasteiger partial charge in [0.1, 0.15) is 40.8 Å². The summed E-state index contributed by atoms with van der Waals surface area (Å²) in [7, 11) is 4.03. The quantitative estimate of drug-likeness (QED) is 0.256. The number of aromatic nitrogens is 1. The molecule has 0 radical (unpaired) electrons. The van der Waals surface area contributed by atoms with E-state index in [9.17, 15) is 24.0 Å². The summed E-state index contributed by atoms with van der Waals surface area (Å²) in [6, 6.07) is 4.54. The van der Waals surface area contributed by atoms with E-state index >= 15 is 0 Å². The lowest BCUT2D eigenvalue weighted by molar-refractivity contribution is -0.148. The first kappa shape index (κ1) is 36.4. The molecule has 1 aromatic heterocycles. The van der Waals surface area contributed by atoms with Crippen molar-refractivity contribution in [3.63, 3.8) is 0 Å². The van der Waals surface area contributed by atoms with Gasteiger partial charge in [0.15, 0.2) is 5.69 Å². The number of ether oxygens (including phenoxy) is 5. The summed E-state index contributed by atoms with van der Waals surface area (Å²) in [5.74, 6) is -1.70. The molecule has 3 heterocycles. The normalized spacial score (nSPS) is 26.2. The Morgan fingerprint density at radius 2 is 1.82 bits per heavy atom. The SMILES string of the molecule is COC(=O)c1cc(O[C@@H]2C[C@H]3C(=O)N[C@]4(C(=O)OC)C[C@@H]4/C=C\CCCCC[C@H](NC(=O)OC(C)(C)C)C(=O)N3C2)c2ccc(OC)cc2n1. The molecule has 14 heteroatoms. The number of nitrogens with one attached hydrogen (secondary N) is 2. The minimum Gasteiger partial charge on any atom is -0.497 e. The lowest BCUT2D eigenvalue weighted by Crippen LogP contribution is -2.56. The number of fused-ring (bicyclic) bond motifs is 3. The largest absolute Gasteiger partial charge is 0.497 e. The number of rotatable bonds is 6. The van der Waals surface area contributed by atoms with Gasteiger partial charge in [-0.1, -0.05) is 25.0 Å². The third-order valence-electron chi connectivity index (χ3n) is 9.15. The van der Waals surface area contributed by atoms with E-state index in [0.717, 1.165) is 19.3 Å². The molecule has 2 aliphatic heterocycles. The Hall–Kier alpha value is -4.88. The number of esters is 2. The summed E-state index contributed by atoms with van der Waals surface area (Å²) < 4.78 is 27.3. The Bertz CT molecular complexity index is 1670. The molecule has 2 N–H and O–H groups in total. The molecule has 0 bridgehead atoms. The number of benzene rings is 1. The van der Waals surface area contributed by atoms with Gasteiger partial charge in [0.25, 0.3) is 0 Å². The van der Waals surface area contributed by atoms with Crippen molar-refractivity contribution in [2.45, 2.75) is 95.0 Å². The van der Waals surface area contributed by atoms with Gasteiger partial charge in [0.2, 0.25) is 11.8 Å². The van der Waals surface area contributed by atoms with Crippen LogP contribution in [-0.2, 0) is 28.6 Å². The predicted octanol–water partition coefficient (Wildman–Crippen LogP) is 3.84. The second kappa shape index (κ2) is 14.9. The Balaban J connectivity index is 1.50. The van der Waals surface area contributed by atoms with E-state index in [1.165, 1.54) is 32.3 Å². The molecular formula is C36H46N4O10. The van der Waals surface area contributed by atoms with Crippen LogP contribution in [0.2, 0.25) is 0 Å². The second-order valence-electron chi connectivity index (χ2n) is 13.9. The molecule has 270 valence electrons. The number of nitrogens with zero attached hydrogens (tertiary/aromatic N) is 2. The average molecular weight is 695 g/mol. The number of pyridine rings is 1. The molecule has 50 heavy (non-hydrogen) atoms. The summed E-state index contributed by atoms with van der Waals surface area (Å²) in [5.41, 5.74) is -1.63. The van der Waals surface area contributed by atoms with Crippen LogP contribution in [0.5, 0.6) is 11.5 Å². The lowest BCUT2D eigenvalue weighted by Gasteiger charge is -2.30. The first-order valence-electron chi connectivity index (χ1n) is 16.9. The van der Waals surface area contributed by atoms with Crippen molar-refractivity contribution in [1.29, 1.82) is 0 Å². The summed E-state index contributed by atoms with van der Waals surface area (Å²) in [4.78, 5) is 72.8. The Kier molecular flexibility index (Phi) is 10.9. The molecule has 1 saturated carbocycles. The topological polar surface area (TPSA) is 172 Å².